The fourth-order valence-electron chi connectivity index (χ4n) is 4.87. The summed E-state index contributed by atoms with van der Waals surface area (Å²) in [6, 6.07) is 14.4. The number of benzene rings is 2. The molecule has 6 rings (SSSR count). The third-order valence-electron chi connectivity index (χ3n) is 7.16. The largest absolute Gasteiger partial charge is 0.465 e. The Labute approximate surface area is 244 Å². The van der Waals surface area contributed by atoms with Gasteiger partial charge in [-0.1, -0.05) is 23.7 Å². The highest BCUT2D eigenvalue weighted by molar-refractivity contribution is 6.29. The van der Waals surface area contributed by atoms with Crippen LogP contribution in [-0.2, 0) is 29.0 Å². The number of rotatable bonds is 9. The van der Waals surface area contributed by atoms with Crippen molar-refractivity contribution in [3.63, 3.8) is 0 Å². The smallest absolute Gasteiger partial charge is 0.337 e. The standard InChI is InChI=1S/C31H25ClF2N4O4/c1-40-30(39)20-4-3-19-10-22(38(28(19)13-20)16-23-7-9-41-23)11-21-12-26(34)24(14-25(21)33)27-6-8-35-31(37-27)42-17-18-2-5-29(32)36-15-18/h2-6,8,10,12-15,23H,7,9,11,16-17H2,1H3/t23-/m0/s1. The molecule has 0 saturated carbocycles. The molecule has 1 aliphatic heterocycles. The molecule has 5 aromatic rings. The maximum absolute atomic E-state index is 15.5. The monoisotopic (exact) mass is 590 g/mol. The van der Waals surface area contributed by atoms with Crippen LogP contribution in [0, 0.1) is 11.6 Å². The number of esters is 1. The molecule has 8 nitrogen and oxygen atoms in total. The molecule has 0 N–H and O–H groups in total. The minimum Gasteiger partial charge on any atom is -0.465 e. The number of carbonyl (C=O) groups excluding carboxylic acids is 1. The van der Waals surface area contributed by atoms with Crippen LogP contribution < -0.4 is 4.74 Å². The number of carbonyl (C=O) groups is 1. The molecule has 2 aromatic carbocycles. The fourth-order valence-corrected chi connectivity index (χ4v) is 4.98. The molecule has 0 bridgehead atoms. The molecule has 4 heterocycles. The van der Waals surface area contributed by atoms with E-state index < -0.39 is 17.6 Å². The van der Waals surface area contributed by atoms with E-state index in [1.165, 1.54) is 25.4 Å². The van der Waals surface area contributed by atoms with E-state index in [4.69, 9.17) is 25.8 Å². The number of nitrogens with zero attached hydrogens (tertiary/aromatic N) is 4. The topological polar surface area (TPSA) is 88.4 Å². The minimum absolute atomic E-state index is 0.00947. The fraction of sp³-hybridized carbons (Fsp3) is 0.226. The van der Waals surface area contributed by atoms with Gasteiger partial charge in [-0.3, -0.25) is 0 Å². The summed E-state index contributed by atoms with van der Waals surface area (Å²) in [5.74, 6) is -1.65. The van der Waals surface area contributed by atoms with Crippen LogP contribution in [0.25, 0.3) is 22.2 Å². The van der Waals surface area contributed by atoms with Crippen LogP contribution >= 0.6 is 11.6 Å². The van der Waals surface area contributed by atoms with Crippen molar-refractivity contribution < 1.29 is 27.8 Å². The Balaban J connectivity index is 1.27. The molecule has 0 amide bonds. The average Bonchev–Trinajstić information content (AvgIpc) is 3.31. The number of pyridine rings is 1. The minimum atomic E-state index is -0.629. The predicted octanol–water partition coefficient (Wildman–Crippen LogP) is 6.17. The highest BCUT2D eigenvalue weighted by Crippen LogP contribution is 2.30. The number of ether oxygens (including phenoxy) is 3. The average molecular weight is 591 g/mol. The molecule has 42 heavy (non-hydrogen) atoms. The Morgan fingerprint density at radius 3 is 2.69 bits per heavy atom. The molecule has 11 heteroatoms. The zero-order chi connectivity index (χ0) is 29.2. The van der Waals surface area contributed by atoms with Crippen molar-refractivity contribution in [2.45, 2.75) is 32.1 Å². The molecule has 214 valence electrons. The summed E-state index contributed by atoms with van der Waals surface area (Å²) in [6.45, 7) is 1.34. The first kappa shape index (κ1) is 27.7. The number of aromatic nitrogens is 4. The molecule has 1 fully saturated rings. The zero-order valence-electron chi connectivity index (χ0n) is 22.5. The van der Waals surface area contributed by atoms with E-state index in [0.717, 1.165) is 34.6 Å². The molecule has 0 radical (unpaired) electrons. The lowest BCUT2D eigenvalue weighted by Gasteiger charge is -2.28. The van der Waals surface area contributed by atoms with E-state index in [0.29, 0.717) is 23.9 Å². The quantitative estimate of drug-likeness (QED) is 0.150. The van der Waals surface area contributed by atoms with Crippen LogP contribution in [0.2, 0.25) is 5.15 Å². The summed E-state index contributed by atoms with van der Waals surface area (Å²) in [6.07, 6.45) is 4.03. The second-order valence-electron chi connectivity index (χ2n) is 9.90. The highest BCUT2D eigenvalue weighted by Gasteiger charge is 2.23. The van der Waals surface area contributed by atoms with Crippen molar-refractivity contribution in [1.29, 1.82) is 0 Å². The first-order chi connectivity index (χ1) is 20.4. The van der Waals surface area contributed by atoms with Crippen molar-refractivity contribution >= 4 is 28.5 Å². The SMILES string of the molecule is COC(=O)c1ccc2cc(Cc3cc(F)c(-c4ccnc(OCc5ccc(Cl)nc5)n4)cc3F)n(C[C@@H]3CCO3)c2c1. The lowest BCUT2D eigenvalue weighted by atomic mass is 10.0. The van der Waals surface area contributed by atoms with E-state index in [2.05, 4.69) is 15.0 Å². The van der Waals surface area contributed by atoms with Gasteiger partial charge in [0.05, 0.1) is 24.5 Å². The van der Waals surface area contributed by atoms with Crippen LogP contribution in [0.15, 0.2) is 67.0 Å². The maximum Gasteiger partial charge on any atom is 0.337 e. The molecular formula is C31H25ClF2N4O4. The van der Waals surface area contributed by atoms with Crippen LogP contribution in [-0.4, -0.2) is 45.3 Å². The first-order valence-electron chi connectivity index (χ1n) is 13.2. The number of fused-ring (bicyclic) bond motifs is 1. The van der Waals surface area contributed by atoms with Gasteiger partial charge in [0.2, 0.25) is 0 Å². The third-order valence-corrected chi connectivity index (χ3v) is 7.39. The van der Waals surface area contributed by atoms with Gasteiger partial charge in [-0.2, -0.15) is 4.98 Å². The van der Waals surface area contributed by atoms with E-state index >= 15 is 8.78 Å². The normalized spacial score (nSPS) is 14.5. The number of hydrogen-bond donors (Lipinski definition) is 0. The number of methoxy groups -OCH3 is 1. The van der Waals surface area contributed by atoms with Gasteiger partial charge in [-0.25, -0.2) is 23.5 Å². The zero-order valence-corrected chi connectivity index (χ0v) is 23.3. The van der Waals surface area contributed by atoms with Crippen molar-refractivity contribution in [1.82, 2.24) is 19.5 Å². The van der Waals surface area contributed by atoms with Crippen LogP contribution in [0.4, 0.5) is 8.78 Å². The van der Waals surface area contributed by atoms with Crippen LogP contribution in [0.5, 0.6) is 6.01 Å². The predicted molar refractivity (Wildman–Crippen MR) is 151 cm³/mol. The first-order valence-corrected chi connectivity index (χ1v) is 13.6. The number of hydrogen-bond acceptors (Lipinski definition) is 7. The molecule has 1 atom stereocenters. The summed E-state index contributed by atoms with van der Waals surface area (Å²) in [4.78, 5) is 24.5. The second-order valence-corrected chi connectivity index (χ2v) is 10.3. The van der Waals surface area contributed by atoms with Gasteiger partial charge in [0.1, 0.15) is 23.4 Å². The lowest BCUT2D eigenvalue weighted by Crippen LogP contribution is -2.31. The van der Waals surface area contributed by atoms with Crippen molar-refractivity contribution in [2.24, 2.45) is 0 Å². The molecular weight excluding hydrogens is 566 g/mol. The van der Waals surface area contributed by atoms with E-state index in [9.17, 15) is 4.79 Å². The molecule has 3 aromatic heterocycles. The highest BCUT2D eigenvalue weighted by atomic mass is 35.5. The Bertz CT molecular complexity index is 1770. The van der Waals surface area contributed by atoms with Gasteiger partial charge in [0.25, 0.3) is 0 Å². The van der Waals surface area contributed by atoms with Crippen LogP contribution in [0.1, 0.15) is 33.6 Å². The van der Waals surface area contributed by atoms with Crippen molar-refractivity contribution in [3.05, 3.63) is 106 Å². The summed E-state index contributed by atoms with van der Waals surface area (Å²) >= 11 is 5.81. The molecule has 1 saturated heterocycles. The van der Waals surface area contributed by atoms with Crippen molar-refractivity contribution in [2.75, 3.05) is 13.7 Å². The lowest BCUT2D eigenvalue weighted by molar-refractivity contribution is -0.0588. The second kappa shape index (κ2) is 11.8. The van der Waals surface area contributed by atoms with Crippen LogP contribution in [0.3, 0.4) is 0 Å². The molecule has 0 aliphatic carbocycles. The van der Waals surface area contributed by atoms with E-state index in [1.54, 1.807) is 30.5 Å². The summed E-state index contributed by atoms with van der Waals surface area (Å²) in [5.41, 5.74) is 3.07. The Hall–Kier alpha value is -4.41. The Morgan fingerprint density at radius 1 is 1.10 bits per heavy atom. The van der Waals surface area contributed by atoms with Gasteiger partial charge in [-0.15, -0.1) is 0 Å². The number of halogens is 3. The molecule has 1 aliphatic rings. The Morgan fingerprint density at radius 2 is 1.95 bits per heavy atom. The van der Waals surface area contributed by atoms with Crippen molar-refractivity contribution in [3.8, 4) is 17.3 Å². The summed E-state index contributed by atoms with van der Waals surface area (Å²) in [5, 5.41) is 1.23. The molecule has 0 spiro atoms. The van der Waals surface area contributed by atoms with Gasteiger partial charge >= 0.3 is 12.0 Å². The van der Waals surface area contributed by atoms with E-state index in [1.807, 2.05) is 16.7 Å². The van der Waals surface area contributed by atoms with Gasteiger partial charge in [-0.05, 0) is 59.8 Å². The van der Waals surface area contributed by atoms with Gasteiger partial charge in [0, 0.05) is 54.3 Å². The Kier molecular flexibility index (Phi) is 7.82. The van der Waals surface area contributed by atoms with Gasteiger partial charge in [0.15, 0.2) is 0 Å². The third kappa shape index (κ3) is 5.81. The van der Waals surface area contributed by atoms with E-state index in [-0.39, 0.29) is 42.0 Å². The summed E-state index contributed by atoms with van der Waals surface area (Å²) < 4.78 is 49.1. The molecule has 0 unspecified atom stereocenters. The van der Waals surface area contributed by atoms with Gasteiger partial charge < -0.3 is 18.8 Å². The maximum atomic E-state index is 15.5. The summed E-state index contributed by atoms with van der Waals surface area (Å²) in [7, 11) is 1.33.